The summed E-state index contributed by atoms with van der Waals surface area (Å²) in [6.45, 7) is 0. The molecule has 4 heteroatoms. The smallest absolute Gasteiger partial charge is 0.387 e. The van der Waals surface area contributed by atoms with Gasteiger partial charge in [0.1, 0.15) is 0 Å². The third-order valence-electron chi connectivity index (χ3n) is 2.58. The van der Waals surface area contributed by atoms with E-state index in [1.807, 2.05) is 0 Å². The molecule has 1 N–H and O–H groups in total. The van der Waals surface area contributed by atoms with Crippen LogP contribution in [0.15, 0.2) is 48.5 Å². The lowest BCUT2D eigenvalue weighted by Crippen LogP contribution is -2.08. The molecule has 0 amide bonds. The summed E-state index contributed by atoms with van der Waals surface area (Å²) in [4.78, 5) is 22.2. The molecule has 0 saturated carbocycles. The van der Waals surface area contributed by atoms with Crippen molar-refractivity contribution in [1.82, 2.24) is 0 Å². The molecule has 0 heterocycles. The predicted octanol–water partition coefficient (Wildman–Crippen LogP) is 2.62. The van der Waals surface area contributed by atoms with Gasteiger partial charge in [0.25, 0.3) is 0 Å². The van der Waals surface area contributed by atoms with Crippen LogP contribution in [-0.2, 0) is 5.11 Å². The van der Waals surface area contributed by atoms with Crippen molar-refractivity contribution in [3.63, 3.8) is 0 Å². The Bertz CT molecular complexity index is 602. The van der Waals surface area contributed by atoms with Crippen molar-refractivity contribution in [2.45, 2.75) is 0 Å². The van der Waals surface area contributed by atoms with Crippen molar-refractivity contribution in [2.24, 2.45) is 0 Å². The monoisotopic (exact) mass is 241 g/mol. The maximum Gasteiger partial charge on any atom is 0.387 e. The first-order chi connectivity index (χ1) is 8.61. The van der Waals surface area contributed by atoms with Crippen LogP contribution in [0.1, 0.15) is 20.7 Å². The fraction of sp³-hybridized carbons (Fsp3) is 0. The molecule has 2 rings (SSSR count). The molecule has 0 saturated heterocycles. The summed E-state index contributed by atoms with van der Waals surface area (Å²) < 4.78 is 0. The number of carbonyl (C=O) groups is 2. The molecule has 0 aliphatic carbocycles. The fourth-order valence-electron chi connectivity index (χ4n) is 1.81. The molecule has 0 aliphatic rings. The average Bonchev–Trinajstić information content (AvgIpc) is 2.38. The lowest BCUT2D eigenvalue weighted by Gasteiger charge is -2.08. The molecule has 0 fully saturated rings. The van der Waals surface area contributed by atoms with Gasteiger partial charge in [-0.05, 0) is 17.2 Å². The summed E-state index contributed by atoms with van der Waals surface area (Å²) in [5.41, 5.74) is 0.454. The summed E-state index contributed by atoms with van der Waals surface area (Å²) in [5, 5.41) is 20.1. The van der Waals surface area contributed by atoms with Crippen molar-refractivity contribution in [1.29, 1.82) is 0 Å². The Morgan fingerprint density at radius 1 is 0.889 bits per heavy atom. The summed E-state index contributed by atoms with van der Waals surface area (Å²) in [6, 6.07) is 13.1. The molecule has 89 valence electrons. The van der Waals surface area contributed by atoms with Crippen molar-refractivity contribution in [3.05, 3.63) is 59.7 Å². The largest absolute Gasteiger partial charge is 0.478 e. The summed E-state index contributed by atoms with van der Waals surface area (Å²) in [6.07, 6.45) is 0. The topological polar surface area (TPSA) is 74.3 Å². The zero-order valence-corrected chi connectivity index (χ0v) is 9.29. The molecule has 0 unspecified atom stereocenters. The van der Waals surface area contributed by atoms with Crippen LogP contribution in [0, 0.1) is 0 Å². The van der Waals surface area contributed by atoms with E-state index in [-0.39, 0.29) is 11.1 Å². The van der Waals surface area contributed by atoms with Crippen LogP contribution in [0.5, 0.6) is 0 Å². The van der Waals surface area contributed by atoms with Gasteiger partial charge in [-0.25, -0.2) is 14.7 Å². The maximum atomic E-state index is 11.2. The van der Waals surface area contributed by atoms with Gasteiger partial charge in [-0.1, -0.05) is 42.5 Å². The van der Waals surface area contributed by atoms with E-state index in [0.717, 1.165) is 0 Å². The molecule has 0 atom stereocenters. The number of carboxylic acid groups (broad SMARTS) is 1. The van der Waals surface area contributed by atoms with Gasteiger partial charge in [0.05, 0.1) is 11.1 Å². The number of benzene rings is 2. The van der Waals surface area contributed by atoms with Crippen LogP contribution in [0.2, 0.25) is 0 Å². The molecule has 0 aromatic heterocycles. The summed E-state index contributed by atoms with van der Waals surface area (Å²) in [5.74, 6) is -2.78. The zero-order chi connectivity index (χ0) is 13.1. The van der Waals surface area contributed by atoms with Crippen molar-refractivity contribution in [3.8, 4) is 11.1 Å². The highest BCUT2D eigenvalue weighted by atomic mass is 16.4. The minimum atomic E-state index is -1.50. The van der Waals surface area contributed by atoms with Gasteiger partial charge in [-0.2, -0.15) is 0 Å². The molecule has 0 spiro atoms. The molecule has 4 nitrogen and oxygen atoms in total. The Labute approximate surface area is 103 Å². The van der Waals surface area contributed by atoms with E-state index in [1.54, 1.807) is 36.4 Å². The summed E-state index contributed by atoms with van der Waals surface area (Å²) >= 11 is 0. The van der Waals surface area contributed by atoms with Gasteiger partial charge in [0.15, 0.2) is 0 Å². The van der Waals surface area contributed by atoms with Gasteiger partial charge in [-0.3, -0.25) is 0 Å². The minimum absolute atomic E-state index is 0.247. The molecule has 2 aromatic carbocycles. The quantitative estimate of drug-likeness (QED) is 0.897. The molecular formula is C14H9O4. The number of aromatic carboxylic acids is 1. The third-order valence-corrected chi connectivity index (χ3v) is 2.58. The van der Waals surface area contributed by atoms with E-state index < -0.39 is 11.9 Å². The maximum absolute atomic E-state index is 11.2. The van der Waals surface area contributed by atoms with Gasteiger partial charge in [-0.15, -0.1) is 0 Å². The molecular weight excluding hydrogens is 232 g/mol. The molecule has 1 radical (unpaired) electrons. The molecule has 0 aliphatic heterocycles. The first kappa shape index (κ1) is 11.9. The van der Waals surface area contributed by atoms with E-state index in [4.69, 9.17) is 5.11 Å². The van der Waals surface area contributed by atoms with E-state index in [2.05, 4.69) is 0 Å². The number of hydrogen-bond acceptors (Lipinski definition) is 2. The van der Waals surface area contributed by atoms with Crippen LogP contribution >= 0.6 is 0 Å². The van der Waals surface area contributed by atoms with Crippen molar-refractivity contribution < 1.29 is 19.8 Å². The highest BCUT2D eigenvalue weighted by molar-refractivity contribution is 6.06. The number of hydrogen-bond donors (Lipinski definition) is 1. The average molecular weight is 241 g/mol. The van der Waals surface area contributed by atoms with Gasteiger partial charge >= 0.3 is 11.9 Å². The van der Waals surface area contributed by atoms with E-state index >= 15 is 0 Å². The van der Waals surface area contributed by atoms with Crippen molar-refractivity contribution >= 4 is 11.9 Å². The second-order valence-corrected chi connectivity index (χ2v) is 3.69. The van der Waals surface area contributed by atoms with Crippen LogP contribution in [0.25, 0.3) is 11.1 Å². The van der Waals surface area contributed by atoms with E-state index in [1.165, 1.54) is 12.1 Å². The Morgan fingerprint density at radius 2 is 1.56 bits per heavy atom. The Morgan fingerprint density at radius 3 is 2.11 bits per heavy atom. The van der Waals surface area contributed by atoms with Crippen LogP contribution in [0.3, 0.4) is 0 Å². The van der Waals surface area contributed by atoms with Crippen molar-refractivity contribution in [2.75, 3.05) is 0 Å². The predicted molar refractivity (Wildman–Crippen MR) is 63.9 cm³/mol. The first-order valence-electron chi connectivity index (χ1n) is 5.24. The van der Waals surface area contributed by atoms with Gasteiger partial charge in [0.2, 0.25) is 0 Å². The number of rotatable bonds is 3. The third kappa shape index (κ3) is 2.08. The minimum Gasteiger partial charge on any atom is -0.478 e. The second-order valence-electron chi connectivity index (χ2n) is 3.69. The van der Waals surface area contributed by atoms with E-state index in [9.17, 15) is 14.7 Å². The molecule has 18 heavy (non-hydrogen) atoms. The Hall–Kier alpha value is -2.62. The molecule has 0 bridgehead atoms. The molecule has 2 aromatic rings. The van der Waals surface area contributed by atoms with Crippen LogP contribution in [-0.4, -0.2) is 17.0 Å². The first-order valence-corrected chi connectivity index (χ1v) is 5.24. The number of carboxylic acids is 1. The van der Waals surface area contributed by atoms with E-state index in [0.29, 0.717) is 11.1 Å². The highest BCUT2D eigenvalue weighted by Crippen LogP contribution is 2.26. The fourth-order valence-corrected chi connectivity index (χ4v) is 1.81. The Kier molecular flexibility index (Phi) is 3.10. The Balaban J connectivity index is 2.72. The lowest BCUT2D eigenvalue weighted by molar-refractivity contribution is 0.0557. The zero-order valence-electron chi connectivity index (χ0n) is 9.29. The standard InChI is InChI=1S/C14H9O4/c15-13(16)11-8-4-7-10(12(11)14(17)18)9-5-2-1-3-6-9/h1-8H,(H,17,18). The normalized spacial score (nSPS) is 10.0. The van der Waals surface area contributed by atoms with Crippen LogP contribution < -0.4 is 0 Å². The second kappa shape index (κ2) is 4.71. The van der Waals surface area contributed by atoms with Crippen LogP contribution in [0.4, 0.5) is 0 Å². The summed E-state index contributed by atoms with van der Waals surface area (Å²) in [7, 11) is 0. The lowest BCUT2D eigenvalue weighted by atomic mass is 9.95. The number of carbonyl (C=O) groups excluding carboxylic acids is 1. The SMILES string of the molecule is [O]C(=O)c1cccc(-c2ccccc2)c1C(=O)O. The van der Waals surface area contributed by atoms with Gasteiger partial charge in [0, 0.05) is 0 Å². The van der Waals surface area contributed by atoms with Gasteiger partial charge < -0.3 is 5.11 Å². The highest BCUT2D eigenvalue weighted by Gasteiger charge is 2.21.